The normalized spacial score (nSPS) is 18.6. The van der Waals surface area contributed by atoms with Crippen LogP contribution in [0.15, 0.2) is 65.8 Å². The number of aliphatic hydroxyl groups is 1. The minimum Gasteiger partial charge on any atom is -0.377 e. The Morgan fingerprint density at radius 2 is 1.53 bits per heavy atom. The van der Waals surface area contributed by atoms with E-state index in [4.69, 9.17) is 0 Å². The van der Waals surface area contributed by atoms with E-state index in [2.05, 4.69) is 5.10 Å². The van der Waals surface area contributed by atoms with E-state index >= 15 is 0 Å². The molecule has 3 rings (SSSR count). The van der Waals surface area contributed by atoms with Gasteiger partial charge >= 0.3 is 0 Å². The Kier molecular flexibility index (Phi) is 2.85. The van der Waals surface area contributed by atoms with Gasteiger partial charge in [0.25, 0.3) is 5.91 Å². The fourth-order valence-electron chi connectivity index (χ4n) is 2.02. The molecule has 0 aliphatic carbocycles. The minimum atomic E-state index is -1.21. The van der Waals surface area contributed by atoms with Gasteiger partial charge in [0.2, 0.25) is 0 Å². The smallest absolute Gasteiger partial charge is 0.282 e. The number of aliphatic hydroxyl groups excluding tert-OH is 1. The molecular weight excluding hydrogens is 240 g/mol. The van der Waals surface area contributed by atoms with Crippen LogP contribution in [0, 0.1) is 0 Å². The van der Waals surface area contributed by atoms with Crippen molar-refractivity contribution in [2.75, 3.05) is 5.01 Å². The summed E-state index contributed by atoms with van der Waals surface area (Å²) in [5, 5.41) is 15.5. The Labute approximate surface area is 110 Å². The Bertz CT molecular complexity index is 623. The van der Waals surface area contributed by atoms with Gasteiger partial charge in [0.15, 0.2) is 6.10 Å². The number of hydrazone groups is 1. The number of para-hydroxylation sites is 1. The first-order valence-electron chi connectivity index (χ1n) is 5.98. The van der Waals surface area contributed by atoms with Crippen molar-refractivity contribution < 1.29 is 9.90 Å². The maximum absolute atomic E-state index is 12.1. The van der Waals surface area contributed by atoms with Crippen LogP contribution in [-0.2, 0) is 4.79 Å². The number of anilines is 1. The highest BCUT2D eigenvalue weighted by Crippen LogP contribution is 2.22. The van der Waals surface area contributed by atoms with Gasteiger partial charge in [-0.2, -0.15) is 10.1 Å². The zero-order chi connectivity index (χ0) is 13.2. The Hall–Kier alpha value is -2.46. The second-order valence-corrected chi connectivity index (χ2v) is 4.24. The lowest BCUT2D eigenvalue weighted by molar-refractivity contribution is -0.122. The molecule has 0 bridgehead atoms. The van der Waals surface area contributed by atoms with Gasteiger partial charge in [0.1, 0.15) is 5.71 Å². The van der Waals surface area contributed by atoms with Gasteiger partial charge < -0.3 is 5.11 Å². The largest absolute Gasteiger partial charge is 0.377 e. The van der Waals surface area contributed by atoms with Gasteiger partial charge in [-0.05, 0) is 12.1 Å². The van der Waals surface area contributed by atoms with Crippen molar-refractivity contribution in [1.82, 2.24) is 0 Å². The first-order valence-corrected chi connectivity index (χ1v) is 5.98. The monoisotopic (exact) mass is 252 g/mol. The predicted molar refractivity (Wildman–Crippen MR) is 72.9 cm³/mol. The summed E-state index contributed by atoms with van der Waals surface area (Å²) in [6.45, 7) is 0. The summed E-state index contributed by atoms with van der Waals surface area (Å²) >= 11 is 0. The van der Waals surface area contributed by atoms with Gasteiger partial charge in [-0.25, -0.2) is 0 Å². The quantitative estimate of drug-likeness (QED) is 0.886. The summed E-state index contributed by atoms with van der Waals surface area (Å²) in [4.78, 5) is 12.1. The topological polar surface area (TPSA) is 52.9 Å². The number of carbonyl (C=O) groups is 1. The van der Waals surface area contributed by atoms with Crippen LogP contribution in [-0.4, -0.2) is 22.8 Å². The molecule has 1 atom stereocenters. The van der Waals surface area contributed by atoms with Crippen molar-refractivity contribution in [2.45, 2.75) is 6.10 Å². The van der Waals surface area contributed by atoms with Crippen LogP contribution in [0.25, 0.3) is 0 Å². The van der Waals surface area contributed by atoms with Crippen LogP contribution >= 0.6 is 0 Å². The molecule has 19 heavy (non-hydrogen) atoms. The lowest BCUT2D eigenvalue weighted by Gasteiger charge is -2.11. The molecule has 2 aromatic rings. The van der Waals surface area contributed by atoms with E-state index in [1.807, 2.05) is 48.5 Å². The molecule has 1 amide bonds. The number of amides is 1. The number of rotatable bonds is 2. The highest BCUT2D eigenvalue weighted by Gasteiger charge is 2.35. The number of hydrogen-bond acceptors (Lipinski definition) is 3. The minimum absolute atomic E-state index is 0.384. The van der Waals surface area contributed by atoms with Crippen molar-refractivity contribution in [3.05, 3.63) is 66.2 Å². The maximum atomic E-state index is 12.1. The van der Waals surface area contributed by atoms with Gasteiger partial charge in [0, 0.05) is 5.56 Å². The highest BCUT2D eigenvalue weighted by molar-refractivity contribution is 6.23. The third kappa shape index (κ3) is 2.02. The average molecular weight is 252 g/mol. The average Bonchev–Trinajstić information content (AvgIpc) is 2.77. The second kappa shape index (κ2) is 4.66. The molecule has 0 aromatic heterocycles. The summed E-state index contributed by atoms with van der Waals surface area (Å²) in [5.74, 6) is -0.426. The zero-order valence-electron chi connectivity index (χ0n) is 10.1. The molecule has 0 saturated carbocycles. The summed E-state index contributed by atoms with van der Waals surface area (Å²) < 4.78 is 0. The predicted octanol–water partition coefficient (Wildman–Crippen LogP) is 1.80. The summed E-state index contributed by atoms with van der Waals surface area (Å²) in [6, 6.07) is 18.3. The molecule has 0 radical (unpaired) electrons. The Morgan fingerprint density at radius 3 is 2.16 bits per heavy atom. The van der Waals surface area contributed by atoms with Gasteiger partial charge in [-0.15, -0.1) is 0 Å². The zero-order valence-corrected chi connectivity index (χ0v) is 10.1. The molecule has 1 heterocycles. The number of nitrogens with zero attached hydrogens (tertiary/aromatic N) is 2. The van der Waals surface area contributed by atoms with Crippen molar-refractivity contribution in [3.63, 3.8) is 0 Å². The fraction of sp³-hybridized carbons (Fsp3) is 0.0667. The molecule has 4 heteroatoms. The molecule has 0 fully saturated rings. The van der Waals surface area contributed by atoms with E-state index in [0.29, 0.717) is 11.4 Å². The molecule has 94 valence electrons. The fourth-order valence-corrected chi connectivity index (χ4v) is 2.02. The van der Waals surface area contributed by atoms with E-state index in [9.17, 15) is 9.90 Å². The van der Waals surface area contributed by atoms with Crippen LogP contribution in [0.4, 0.5) is 5.69 Å². The third-order valence-electron chi connectivity index (χ3n) is 2.98. The lowest BCUT2D eigenvalue weighted by Crippen LogP contribution is -2.31. The van der Waals surface area contributed by atoms with Crippen molar-refractivity contribution in [2.24, 2.45) is 5.10 Å². The van der Waals surface area contributed by atoms with E-state index < -0.39 is 12.0 Å². The number of carbonyl (C=O) groups excluding carboxylic acids is 1. The first-order chi connectivity index (χ1) is 9.27. The summed E-state index contributed by atoms with van der Waals surface area (Å²) in [6.07, 6.45) is -1.21. The third-order valence-corrected chi connectivity index (χ3v) is 2.98. The van der Waals surface area contributed by atoms with Crippen molar-refractivity contribution in [3.8, 4) is 0 Å². The van der Waals surface area contributed by atoms with E-state index in [-0.39, 0.29) is 0 Å². The van der Waals surface area contributed by atoms with Crippen LogP contribution < -0.4 is 5.01 Å². The Balaban J connectivity index is 2.01. The maximum Gasteiger partial charge on any atom is 0.282 e. The molecule has 1 N–H and O–H groups in total. The van der Waals surface area contributed by atoms with Crippen LogP contribution in [0.5, 0.6) is 0 Å². The van der Waals surface area contributed by atoms with Gasteiger partial charge in [-0.1, -0.05) is 48.5 Å². The number of hydrogen-bond donors (Lipinski definition) is 1. The van der Waals surface area contributed by atoms with Crippen molar-refractivity contribution in [1.29, 1.82) is 0 Å². The molecular formula is C15H12N2O2. The SMILES string of the molecule is O=C1C(O)C(c2ccccc2)=NN1c1ccccc1. The molecule has 2 aromatic carbocycles. The summed E-state index contributed by atoms with van der Waals surface area (Å²) in [5.41, 5.74) is 1.79. The second-order valence-electron chi connectivity index (χ2n) is 4.24. The first kappa shape index (κ1) is 11.6. The Morgan fingerprint density at radius 1 is 0.947 bits per heavy atom. The lowest BCUT2D eigenvalue weighted by atomic mass is 10.1. The van der Waals surface area contributed by atoms with Gasteiger partial charge in [-0.3, -0.25) is 4.79 Å². The van der Waals surface area contributed by atoms with Crippen molar-refractivity contribution >= 4 is 17.3 Å². The van der Waals surface area contributed by atoms with E-state index in [1.165, 1.54) is 5.01 Å². The molecule has 4 nitrogen and oxygen atoms in total. The van der Waals surface area contributed by atoms with E-state index in [0.717, 1.165) is 5.56 Å². The van der Waals surface area contributed by atoms with Crippen LogP contribution in [0.3, 0.4) is 0 Å². The molecule has 1 unspecified atom stereocenters. The number of benzene rings is 2. The van der Waals surface area contributed by atoms with Gasteiger partial charge in [0.05, 0.1) is 5.69 Å². The highest BCUT2D eigenvalue weighted by atomic mass is 16.3. The molecule has 0 spiro atoms. The molecule has 1 aliphatic heterocycles. The standard InChI is InChI=1S/C15H12N2O2/c18-14-13(11-7-3-1-4-8-11)16-17(15(14)19)12-9-5-2-6-10-12/h1-10,14,18H. The molecule has 0 saturated heterocycles. The summed E-state index contributed by atoms with van der Waals surface area (Å²) in [7, 11) is 0. The van der Waals surface area contributed by atoms with Crippen LogP contribution in [0.2, 0.25) is 0 Å². The van der Waals surface area contributed by atoms with E-state index in [1.54, 1.807) is 12.1 Å². The molecule has 1 aliphatic rings. The van der Waals surface area contributed by atoms with Crippen LogP contribution in [0.1, 0.15) is 5.56 Å².